The standard InChI is InChI=1S/C17H24BrN3O3/c1-10-13(18)14(11(2)22)19-21(10)12-6-17(7-12)8-20(9-17)15(23)24-16(3,4)5/h12H,6-9H2,1-5H3. The fourth-order valence-corrected chi connectivity index (χ4v) is 4.21. The van der Waals surface area contributed by atoms with Gasteiger partial charge in [-0.15, -0.1) is 0 Å². The molecule has 1 amide bonds. The van der Waals surface area contributed by atoms with Crippen LogP contribution in [0.15, 0.2) is 4.47 Å². The lowest BCUT2D eigenvalue weighted by Gasteiger charge is -2.58. The maximum absolute atomic E-state index is 12.0. The van der Waals surface area contributed by atoms with Gasteiger partial charge in [0, 0.05) is 25.4 Å². The van der Waals surface area contributed by atoms with Gasteiger partial charge < -0.3 is 9.64 Å². The summed E-state index contributed by atoms with van der Waals surface area (Å²) in [6.45, 7) is 10.6. The Bertz CT molecular complexity index is 691. The minimum Gasteiger partial charge on any atom is -0.444 e. The summed E-state index contributed by atoms with van der Waals surface area (Å²) in [5.74, 6) is -0.0301. The number of likely N-dealkylation sites (tertiary alicyclic amines) is 1. The topological polar surface area (TPSA) is 64.4 Å². The molecule has 2 fully saturated rings. The Morgan fingerprint density at radius 3 is 2.33 bits per heavy atom. The van der Waals surface area contributed by atoms with Crippen molar-refractivity contribution in [3.8, 4) is 0 Å². The molecule has 1 saturated carbocycles. The first-order valence-electron chi connectivity index (χ1n) is 8.25. The summed E-state index contributed by atoms with van der Waals surface area (Å²) in [4.78, 5) is 25.4. The van der Waals surface area contributed by atoms with Crippen LogP contribution in [0.25, 0.3) is 0 Å². The predicted molar refractivity (Wildman–Crippen MR) is 93.2 cm³/mol. The van der Waals surface area contributed by atoms with E-state index >= 15 is 0 Å². The Kier molecular flexibility index (Phi) is 4.06. The molecule has 1 aromatic heterocycles. The van der Waals surface area contributed by atoms with E-state index in [1.807, 2.05) is 32.4 Å². The van der Waals surface area contributed by atoms with E-state index in [4.69, 9.17) is 4.74 Å². The van der Waals surface area contributed by atoms with Gasteiger partial charge in [-0.1, -0.05) is 0 Å². The van der Waals surface area contributed by atoms with E-state index in [9.17, 15) is 9.59 Å². The van der Waals surface area contributed by atoms with E-state index in [-0.39, 0.29) is 17.3 Å². The molecule has 0 unspecified atom stereocenters. The number of ketones is 1. The number of halogens is 1. The summed E-state index contributed by atoms with van der Waals surface area (Å²) in [6, 6.07) is 0.301. The average Bonchev–Trinajstić information content (AvgIpc) is 2.61. The van der Waals surface area contributed by atoms with Gasteiger partial charge in [0.15, 0.2) is 5.78 Å². The lowest BCUT2D eigenvalue weighted by atomic mass is 9.61. The van der Waals surface area contributed by atoms with Gasteiger partial charge in [-0.3, -0.25) is 9.48 Å². The molecular formula is C17H24BrN3O3. The largest absolute Gasteiger partial charge is 0.444 e. The molecule has 0 radical (unpaired) electrons. The third-order valence-electron chi connectivity index (χ3n) is 4.80. The highest BCUT2D eigenvalue weighted by Crippen LogP contribution is 2.54. The van der Waals surface area contributed by atoms with Crippen LogP contribution in [0, 0.1) is 12.3 Å². The first kappa shape index (κ1) is 17.5. The van der Waals surface area contributed by atoms with E-state index in [1.54, 1.807) is 4.90 Å². The smallest absolute Gasteiger partial charge is 0.410 e. The van der Waals surface area contributed by atoms with E-state index in [2.05, 4.69) is 21.0 Å². The molecule has 2 aliphatic rings. The van der Waals surface area contributed by atoms with Crippen LogP contribution in [0.4, 0.5) is 4.79 Å². The lowest BCUT2D eigenvalue weighted by molar-refractivity contribution is -0.0931. The molecule has 6 nitrogen and oxygen atoms in total. The molecule has 7 heteroatoms. The predicted octanol–water partition coefficient (Wildman–Crippen LogP) is 3.73. The van der Waals surface area contributed by atoms with Gasteiger partial charge in [-0.2, -0.15) is 5.10 Å². The number of rotatable bonds is 2. The van der Waals surface area contributed by atoms with Gasteiger partial charge in [0.25, 0.3) is 0 Å². The van der Waals surface area contributed by atoms with Crippen LogP contribution >= 0.6 is 15.9 Å². The van der Waals surface area contributed by atoms with Crippen molar-refractivity contribution < 1.29 is 14.3 Å². The second-order valence-corrected chi connectivity index (χ2v) is 8.94. The van der Waals surface area contributed by atoms with Crippen LogP contribution in [-0.2, 0) is 4.74 Å². The van der Waals surface area contributed by atoms with Gasteiger partial charge in [0.1, 0.15) is 11.3 Å². The van der Waals surface area contributed by atoms with E-state index in [0.717, 1.165) is 36.1 Å². The van der Waals surface area contributed by atoms with E-state index < -0.39 is 5.60 Å². The Labute approximate surface area is 150 Å². The van der Waals surface area contributed by atoms with E-state index in [1.165, 1.54) is 6.92 Å². The third kappa shape index (κ3) is 2.98. The number of aromatic nitrogens is 2. The SMILES string of the molecule is CC(=O)c1nn(C2CC3(C2)CN(C(=O)OC(C)(C)C)C3)c(C)c1Br. The molecule has 1 aliphatic carbocycles. The summed E-state index contributed by atoms with van der Waals surface area (Å²) < 4.78 is 8.16. The zero-order valence-electron chi connectivity index (χ0n) is 14.9. The molecule has 3 rings (SSSR count). The molecule has 132 valence electrons. The number of carbonyl (C=O) groups is 2. The number of amides is 1. The molecule has 1 aromatic rings. The van der Waals surface area contributed by atoms with Gasteiger partial charge in [-0.05, 0) is 56.5 Å². The fraction of sp³-hybridized carbons (Fsp3) is 0.706. The molecule has 1 saturated heterocycles. The molecule has 24 heavy (non-hydrogen) atoms. The molecule has 0 atom stereocenters. The molecule has 1 aliphatic heterocycles. The number of ether oxygens (including phenoxy) is 1. The van der Waals surface area contributed by atoms with Crippen molar-refractivity contribution >= 4 is 27.8 Å². The second kappa shape index (κ2) is 5.58. The Balaban J connectivity index is 1.59. The highest BCUT2D eigenvalue weighted by molar-refractivity contribution is 9.10. The quantitative estimate of drug-likeness (QED) is 0.713. The average molecular weight is 398 g/mol. The number of nitrogens with zero attached hydrogens (tertiary/aromatic N) is 3. The summed E-state index contributed by atoms with van der Waals surface area (Å²) in [7, 11) is 0. The van der Waals surface area contributed by atoms with Crippen molar-refractivity contribution in [2.24, 2.45) is 5.41 Å². The summed E-state index contributed by atoms with van der Waals surface area (Å²) >= 11 is 3.47. The monoisotopic (exact) mass is 397 g/mol. The van der Waals surface area contributed by atoms with Crippen molar-refractivity contribution in [2.75, 3.05) is 13.1 Å². The van der Waals surface area contributed by atoms with Gasteiger partial charge >= 0.3 is 6.09 Å². The summed E-state index contributed by atoms with van der Waals surface area (Å²) in [5.41, 5.74) is 1.23. The number of carbonyl (C=O) groups excluding carboxylic acids is 2. The van der Waals surface area contributed by atoms with Crippen molar-refractivity contribution in [1.82, 2.24) is 14.7 Å². The maximum Gasteiger partial charge on any atom is 0.410 e. The second-order valence-electron chi connectivity index (χ2n) is 8.15. The first-order chi connectivity index (χ1) is 11.0. The van der Waals surface area contributed by atoms with E-state index in [0.29, 0.717) is 11.7 Å². The molecule has 0 bridgehead atoms. The minimum absolute atomic E-state index is 0.0301. The highest BCUT2D eigenvalue weighted by atomic mass is 79.9. The van der Waals surface area contributed by atoms with Crippen molar-refractivity contribution in [3.05, 3.63) is 15.9 Å². The normalized spacial score (nSPS) is 19.8. The zero-order chi connectivity index (χ0) is 17.9. The Morgan fingerprint density at radius 2 is 1.88 bits per heavy atom. The van der Waals surface area contributed by atoms with Crippen molar-refractivity contribution in [2.45, 2.75) is 59.1 Å². The van der Waals surface area contributed by atoms with Gasteiger partial charge in [0.05, 0.1) is 16.2 Å². The Morgan fingerprint density at radius 1 is 1.29 bits per heavy atom. The fourth-order valence-electron chi connectivity index (χ4n) is 3.67. The van der Waals surface area contributed by atoms with Crippen LogP contribution in [0.5, 0.6) is 0 Å². The van der Waals surface area contributed by atoms with Crippen LogP contribution in [0.1, 0.15) is 62.8 Å². The molecule has 1 spiro atoms. The molecular weight excluding hydrogens is 374 g/mol. The maximum atomic E-state index is 12.0. The van der Waals surface area contributed by atoms with Crippen LogP contribution in [-0.4, -0.2) is 45.2 Å². The van der Waals surface area contributed by atoms with Crippen LogP contribution in [0.3, 0.4) is 0 Å². The van der Waals surface area contributed by atoms with Crippen molar-refractivity contribution in [1.29, 1.82) is 0 Å². The number of hydrogen-bond donors (Lipinski definition) is 0. The van der Waals surface area contributed by atoms with Gasteiger partial charge in [-0.25, -0.2) is 4.79 Å². The molecule has 0 aromatic carbocycles. The van der Waals surface area contributed by atoms with Crippen LogP contribution in [0.2, 0.25) is 0 Å². The van der Waals surface area contributed by atoms with Crippen LogP contribution < -0.4 is 0 Å². The first-order valence-corrected chi connectivity index (χ1v) is 9.04. The Hall–Kier alpha value is -1.37. The third-order valence-corrected chi connectivity index (χ3v) is 5.75. The lowest BCUT2D eigenvalue weighted by Crippen LogP contribution is -2.64. The summed E-state index contributed by atoms with van der Waals surface area (Å²) in [6.07, 6.45) is 1.74. The molecule has 0 N–H and O–H groups in total. The number of hydrogen-bond acceptors (Lipinski definition) is 4. The summed E-state index contributed by atoms with van der Waals surface area (Å²) in [5, 5.41) is 4.47. The zero-order valence-corrected chi connectivity index (χ0v) is 16.4. The van der Waals surface area contributed by atoms with Crippen molar-refractivity contribution in [3.63, 3.8) is 0 Å². The molecule has 2 heterocycles. The minimum atomic E-state index is -0.455. The van der Waals surface area contributed by atoms with Gasteiger partial charge in [0.2, 0.25) is 0 Å². The number of Topliss-reactive ketones (excluding diaryl/α,β-unsaturated/α-hetero) is 1. The highest BCUT2D eigenvalue weighted by Gasteiger charge is 2.55.